The Morgan fingerprint density at radius 3 is 2.94 bits per heavy atom. The molecular formula is C10H12N4OS2. The Morgan fingerprint density at radius 2 is 2.35 bits per heavy atom. The van der Waals surface area contributed by atoms with Crippen LogP contribution in [-0.2, 0) is 0 Å². The number of nitrogens with zero attached hydrogens (tertiary/aromatic N) is 3. The van der Waals surface area contributed by atoms with E-state index in [-0.39, 0.29) is 5.78 Å². The minimum absolute atomic E-state index is 0.0431. The number of thiazole rings is 1. The molecule has 0 fully saturated rings. The Bertz CT molecular complexity index is 530. The smallest absolute Gasteiger partial charge is 0.181 e. The van der Waals surface area contributed by atoms with E-state index >= 15 is 0 Å². The molecule has 90 valence electrons. The Hall–Kier alpha value is -1.21. The van der Waals surface area contributed by atoms with Gasteiger partial charge in [-0.2, -0.15) is 10.2 Å². The number of carbonyl (C=O) groups excluding carboxylic acids is 1. The highest BCUT2D eigenvalue weighted by Crippen LogP contribution is 2.37. The summed E-state index contributed by atoms with van der Waals surface area (Å²) in [6.07, 6.45) is 2.18. The average Bonchev–Trinajstić information content (AvgIpc) is 2.59. The summed E-state index contributed by atoms with van der Waals surface area (Å²) in [5, 5.41) is 8.27. The summed E-state index contributed by atoms with van der Waals surface area (Å²) in [6.45, 7) is 3.36. The van der Waals surface area contributed by atoms with Crippen LogP contribution in [0.4, 0.5) is 5.13 Å². The molecule has 0 spiro atoms. The van der Waals surface area contributed by atoms with Gasteiger partial charge in [0, 0.05) is 18.9 Å². The fourth-order valence-electron chi connectivity index (χ4n) is 1.60. The van der Waals surface area contributed by atoms with Gasteiger partial charge >= 0.3 is 0 Å². The van der Waals surface area contributed by atoms with Crippen molar-refractivity contribution in [2.24, 2.45) is 10.2 Å². The molecule has 1 aliphatic heterocycles. The molecule has 0 amide bonds. The first-order valence-corrected chi connectivity index (χ1v) is 6.26. The van der Waals surface area contributed by atoms with Crippen molar-refractivity contribution in [1.29, 1.82) is 0 Å². The molecule has 1 atom stereocenters. The van der Waals surface area contributed by atoms with Gasteiger partial charge in [0.1, 0.15) is 4.87 Å². The number of Topliss-reactive ketones (excluding diaryl/α,β-unsaturated/α-hetero) is 1. The molecule has 0 aliphatic carbocycles. The fraction of sp³-hybridized carbons (Fsp3) is 0.400. The highest BCUT2D eigenvalue weighted by Gasteiger charge is 2.27. The fourth-order valence-corrected chi connectivity index (χ4v) is 2.59. The molecule has 0 saturated heterocycles. The lowest BCUT2D eigenvalue weighted by atomic mass is 10.0. The van der Waals surface area contributed by atoms with E-state index in [0.29, 0.717) is 22.1 Å². The molecule has 2 rings (SSSR count). The number of aromatic nitrogens is 1. The van der Waals surface area contributed by atoms with E-state index in [9.17, 15) is 4.79 Å². The van der Waals surface area contributed by atoms with Crippen molar-refractivity contribution in [2.45, 2.75) is 25.1 Å². The molecule has 1 aromatic heterocycles. The van der Waals surface area contributed by atoms with Crippen molar-refractivity contribution >= 4 is 40.5 Å². The van der Waals surface area contributed by atoms with Gasteiger partial charge in [0.05, 0.1) is 16.8 Å². The van der Waals surface area contributed by atoms with E-state index in [1.165, 1.54) is 18.3 Å². The first-order chi connectivity index (χ1) is 7.89. The van der Waals surface area contributed by atoms with Crippen LogP contribution in [0.25, 0.3) is 5.57 Å². The lowest BCUT2D eigenvalue weighted by molar-refractivity contribution is 0.102. The number of hydrogen-bond acceptors (Lipinski definition) is 7. The van der Waals surface area contributed by atoms with E-state index in [2.05, 4.69) is 27.8 Å². The van der Waals surface area contributed by atoms with Crippen LogP contribution >= 0.6 is 24.0 Å². The second-order valence-corrected chi connectivity index (χ2v) is 6.04. The van der Waals surface area contributed by atoms with Crippen LogP contribution in [0.3, 0.4) is 0 Å². The van der Waals surface area contributed by atoms with E-state index in [0.717, 1.165) is 5.57 Å². The Balaban J connectivity index is 2.45. The predicted molar refractivity (Wildman–Crippen MR) is 71.4 cm³/mol. The van der Waals surface area contributed by atoms with Gasteiger partial charge in [-0.25, -0.2) is 4.98 Å². The zero-order valence-corrected chi connectivity index (χ0v) is 11.2. The number of nitrogen functional groups attached to an aromatic ring is 1. The zero-order valence-electron chi connectivity index (χ0n) is 9.47. The highest BCUT2D eigenvalue weighted by molar-refractivity contribution is 7.81. The molecule has 2 heterocycles. The quantitative estimate of drug-likeness (QED) is 0.639. The monoisotopic (exact) mass is 268 g/mol. The highest BCUT2D eigenvalue weighted by atomic mass is 32.1. The van der Waals surface area contributed by atoms with Crippen molar-refractivity contribution in [2.75, 3.05) is 5.73 Å². The van der Waals surface area contributed by atoms with E-state index < -0.39 is 4.87 Å². The molecule has 17 heavy (non-hydrogen) atoms. The third-order valence-electron chi connectivity index (χ3n) is 2.28. The van der Waals surface area contributed by atoms with E-state index in [1.807, 2.05) is 6.92 Å². The third kappa shape index (κ3) is 2.55. The first kappa shape index (κ1) is 12.3. The summed E-state index contributed by atoms with van der Waals surface area (Å²) in [7, 11) is 0. The lowest BCUT2D eigenvalue weighted by Crippen LogP contribution is -2.16. The summed E-state index contributed by atoms with van der Waals surface area (Å²) in [6, 6.07) is 0. The van der Waals surface area contributed by atoms with Gasteiger partial charge in [-0.3, -0.25) is 4.79 Å². The van der Waals surface area contributed by atoms with Crippen molar-refractivity contribution < 1.29 is 4.79 Å². The van der Waals surface area contributed by atoms with Gasteiger partial charge in [-0.1, -0.05) is 11.3 Å². The van der Waals surface area contributed by atoms with Crippen LogP contribution in [0.1, 0.15) is 35.6 Å². The Morgan fingerprint density at radius 1 is 1.65 bits per heavy atom. The molecular weight excluding hydrogens is 256 g/mol. The van der Waals surface area contributed by atoms with E-state index in [4.69, 9.17) is 5.73 Å². The van der Waals surface area contributed by atoms with Crippen molar-refractivity contribution in [3.05, 3.63) is 16.8 Å². The average molecular weight is 268 g/mol. The maximum Gasteiger partial charge on any atom is 0.181 e. The number of thiol groups is 1. The number of azo groups is 1. The maximum atomic E-state index is 11.5. The molecule has 0 radical (unpaired) electrons. The van der Waals surface area contributed by atoms with Crippen LogP contribution in [0, 0.1) is 0 Å². The lowest BCUT2D eigenvalue weighted by Gasteiger charge is -2.21. The van der Waals surface area contributed by atoms with Crippen LogP contribution in [0.2, 0.25) is 0 Å². The largest absolute Gasteiger partial charge is 0.375 e. The zero-order chi connectivity index (χ0) is 12.6. The van der Waals surface area contributed by atoms with Gasteiger partial charge in [0.15, 0.2) is 10.9 Å². The minimum atomic E-state index is -0.559. The molecule has 5 nitrogen and oxygen atoms in total. The van der Waals surface area contributed by atoms with Crippen LogP contribution in [-0.4, -0.2) is 15.6 Å². The molecule has 0 saturated carbocycles. The maximum absolute atomic E-state index is 11.5. The number of anilines is 1. The number of rotatable bonds is 2. The molecule has 1 aromatic rings. The molecule has 1 aliphatic rings. The molecule has 0 aromatic carbocycles. The standard InChI is InChI=1S/C10H12N4OS2/c1-5(15)8-7(13-9(11)17-8)6-3-10(2,16)14-12-4-6/h4,16H,3H2,1-2H3,(H2,11,13). The van der Waals surface area contributed by atoms with Crippen molar-refractivity contribution in [1.82, 2.24) is 4.98 Å². The second kappa shape index (κ2) is 4.23. The SMILES string of the molecule is CC(=O)c1sc(N)nc1C1=CN=NC(C)(S)C1. The van der Waals surface area contributed by atoms with Crippen LogP contribution in [0.5, 0.6) is 0 Å². The second-order valence-electron chi connectivity index (χ2n) is 4.05. The molecule has 2 N–H and O–H groups in total. The van der Waals surface area contributed by atoms with Crippen molar-refractivity contribution in [3.8, 4) is 0 Å². The molecule has 0 bridgehead atoms. The van der Waals surface area contributed by atoms with Gasteiger partial charge in [0.25, 0.3) is 0 Å². The molecule has 1 unspecified atom stereocenters. The minimum Gasteiger partial charge on any atom is -0.375 e. The Labute approximate surface area is 108 Å². The van der Waals surface area contributed by atoms with Crippen molar-refractivity contribution in [3.63, 3.8) is 0 Å². The number of nitrogens with two attached hydrogens (primary N) is 1. The topological polar surface area (TPSA) is 80.7 Å². The van der Waals surface area contributed by atoms with Gasteiger partial charge < -0.3 is 5.73 Å². The Kier molecular flexibility index (Phi) is 3.05. The number of ketones is 1. The first-order valence-electron chi connectivity index (χ1n) is 5.00. The van der Waals surface area contributed by atoms with Gasteiger partial charge in [0.2, 0.25) is 0 Å². The molecule has 7 heteroatoms. The van der Waals surface area contributed by atoms with E-state index in [1.54, 1.807) is 6.20 Å². The summed E-state index contributed by atoms with van der Waals surface area (Å²) in [5.41, 5.74) is 7.10. The van der Waals surface area contributed by atoms with Crippen LogP contribution in [0.15, 0.2) is 16.4 Å². The predicted octanol–water partition coefficient (Wildman–Crippen LogP) is 2.77. The van der Waals surface area contributed by atoms with Gasteiger partial charge in [-0.15, -0.1) is 12.6 Å². The van der Waals surface area contributed by atoms with Gasteiger partial charge in [-0.05, 0) is 6.92 Å². The summed E-state index contributed by atoms with van der Waals surface area (Å²) >= 11 is 5.57. The summed E-state index contributed by atoms with van der Waals surface area (Å²) < 4.78 is 0. The summed E-state index contributed by atoms with van der Waals surface area (Å²) in [4.78, 5) is 15.7. The number of hydrogen-bond donors (Lipinski definition) is 2. The number of carbonyl (C=O) groups is 1. The normalized spacial score (nSPS) is 23.6. The summed E-state index contributed by atoms with van der Waals surface area (Å²) in [5.74, 6) is -0.0431. The third-order valence-corrected chi connectivity index (χ3v) is 3.51. The van der Waals surface area contributed by atoms with Crippen LogP contribution < -0.4 is 5.73 Å².